The molecule has 1 aromatic heterocycles. The zero-order valence-corrected chi connectivity index (χ0v) is 12.5. The van der Waals surface area contributed by atoms with Crippen molar-refractivity contribution in [3.8, 4) is 5.75 Å². The van der Waals surface area contributed by atoms with Gasteiger partial charge in [0.15, 0.2) is 0 Å². The van der Waals surface area contributed by atoms with E-state index in [0.717, 1.165) is 21.2 Å². The van der Waals surface area contributed by atoms with Gasteiger partial charge in [-0.2, -0.15) is 0 Å². The molecule has 0 aliphatic heterocycles. The summed E-state index contributed by atoms with van der Waals surface area (Å²) in [5.74, 6) is 0.889. The Morgan fingerprint density at radius 3 is 2.68 bits per heavy atom. The second kappa shape index (κ2) is 5.31. The zero-order valence-electron chi connectivity index (χ0n) is 11.7. The van der Waals surface area contributed by atoms with Crippen LogP contribution in [0.4, 0.5) is 0 Å². The molecule has 1 aromatic carbocycles. The molecule has 1 N–H and O–H groups in total. The van der Waals surface area contributed by atoms with Crippen molar-refractivity contribution in [1.82, 2.24) is 4.98 Å². The highest BCUT2D eigenvalue weighted by Gasteiger charge is 2.19. The van der Waals surface area contributed by atoms with Crippen LogP contribution >= 0.6 is 11.3 Å². The van der Waals surface area contributed by atoms with Crippen LogP contribution in [0.2, 0.25) is 0 Å². The van der Waals surface area contributed by atoms with E-state index < -0.39 is 5.60 Å². The maximum Gasteiger partial charge on any atom is 0.140 e. The number of rotatable bonds is 4. The Hall–Kier alpha value is -1.39. The zero-order chi connectivity index (χ0) is 14.0. The third kappa shape index (κ3) is 3.33. The fourth-order valence-corrected chi connectivity index (χ4v) is 2.51. The fraction of sp³-hybridized carbons (Fsp3) is 0.400. The second-order valence-electron chi connectivity index (χ2n) is 5.16. The Kier molecular flexibility index (Phi) is 3.92. The molecule has 102 valence electrons. The number of aliphatic hydroxyl groups is 1. The first kappa shape index (κ1) is 14.0. The van der Waals surface area contributed by atoms with Gasteiger partial charge in [-0.05, 0) is 44.9 Å². The highest BCUT2D eigenvalue weighted by molar-refractivity contribution is 7.11. The summed E-state index contributed by atoms with van der Waals surface area (Å²) in [6.07, 6.45) is 1.71. The van der Waals surface area contributed by atoms with Crippen molar-refractivity contribution in [2.24, 2.45) is 0 Å². The van der Waals surface area contributed by atoms with E-state index in [4.69, 9.17) is 4.74 Å². The average molecular weight is 277 g/mol. The summed E-state index contributed by atoms with van der Waals surface area (Å²) in [5.41, 5.74) is 1.53. The number of thiazole rings is 1. The van der Waals surface area contributed by atoms with Gasteiger partial charge in [0.05, 0.1) is 10.5 Å². The number of ether oxygens (including phenoxy) is 1. The van der Waals surface area contributed by atoms with Crippen molar-refractivity contribution < 1.29 is 9.84 Å². The van der Waals surface area contributed by atoms with Crippen LogP contribution in [0.25, 0.3) is 0 Å². The molecule has 0 aliphatic carbocycles. The van der Waals surface area contributed by atoms with Gasteiger partial charge in [0.1, 0.15) is 17.4 Å². The van der Waals surface area contributed by atoms with E-state index in [9.17, 15) is 5.11 Å². The summed E-state index contributed by atoms with van der Waals surface area (Å²) in [6.45, 7) is 8.07. The molecule has 4 heteroatoms. The second-order valence-corrected chi connectivity index (χ2v) is 6.28. The highest BCUT2D eigenvalue weighted by atomic mass is 32.1. The summed E-state index contributed by atoms with van der Waals surface area (Å²) in [5, 5.41) is 10.8. The lowest BCUT2D eigenvalue weighted by Crippen LogP contribution is -2.12. The predicted molar refractivity (Wildman–Crippen MR) is 77.6 cm³/mol. The van der Waals surface area contributed by atoms with Crippen molar-refractivity contribution in [1.29, 1.82) is 0 Å². The lowest BCUT2D eigenvalue weighted by molar-refractivity contribution is 0.0823. The van der Waals surface area contributed by atoms with Gasteiger partial charge in [-0.3, -0.25) is 0 Å². The third-order valence-corrected chi connectivity index (χ3v) is 4.35. The van der Waals surface area contributed by atoms with Crippen LogP contribution < -0.4 is 4.74 Å². The van der Waals surface area contributed by atoms with Gasteiger partial charge in [0.25, 0.3) is 0 Å². The van der Waals surface area contributed by atoms with E-state index in [1.165, 1.54) is 16.9 Å². The largest absolute Gasteiger partial charge is 0.486 e. The maximum atomic E-state index is 9.90. The standard InChI is InChI=1S/C15H19NO2S/c1-10-6-5-7-12(11(10)2)18-9-14-16-8-13(19-14)15(3,4)17/h5-8,17H,9H2,1-4H3. The van der Waals surface area contributed by atoms with Crippen LogP contribution in [0, 0.1) is 13.8 Å². The maximum absolute atomic E-state index is 9.90. The number of hydrogen-bond acceptors (Lipinski definition) is 4. The van der Waals surface area contributed by atoms with Gasteiger partial charge in [-0.1, -0.05) is 12.1 Å². The molecule has 0 spiro atoms. The number of nitrogens with zero attached hydrogens (tertiary/aromatic N) is 1. The minimum absolute atomic E-state index is 0.436. The van der Waals surface area contributed by atoms with Crippen LogP contribution in [-0.4, -0.2) is 10.1 Å². The monoisotopic (exact) mass is 277 g/mol. The van der Waals surface area contributed by atoms with Crippen LogP contribution in [0.5, 0.6) is 5.75 Å². The fourth-order valence-electron chi connectivity index (χ4n) is 1.68. The molecule has 0 radical (unpaired) electrons. The van der Waals surface area contributed by atoms with E-state index >= 15 is 0 Å². The lowest BCUT2D eigenvalue weighted by atomic mass is 10.1. The van der Waals surface area contributed by atoms with E-state index in [1.54, 1.807) is 20.0 Å². The summed E-state index contributed by atoms with van der Waals surface area (Å²) in [6, 6.07) is 6.02. The molecule has 0 fully saturated rings. The van der Waals surface area contributed by atoms with E-state index in [-0.39, 0.29) is 0 Å². The van der Waals surface area contributed by atoms with Gasteiger partial charge < -0.3 is 9.84 Å². The molecule has 2 aromatic rings. The van der Waals surface area contributed by atoms with E-state index in [2.05, 4.69) is 24.9 Å². The minimum atomic E-state index is -0.838. The molecule has 0 atom stereocenters. The molecule has 0 aliphatic rings. The van der Waals surface area contributed by atoms with Gasteiger partial charge in [-0.25, -0.2) is 4.98 Å². The van der Waals surface area contributed by atoms with Crippen molar-refractivity contribution in [2.75, 3.05) is 0 Å². The highest BCUT2D eigenvalue weighted by Crippen LogP contribution is 2.27. The molecule has 1 heterocycles. The van der Waals surface area contributed by atoms with Crippen molar-refractivity contribution in [3.05, 3.63) is 45.4 Å². The molecule has 19 heavy (non-hydrogen) atoms. The topological polar surface area (TPSA) is 42.4 Å². The van der Waals surface area contributed by atoms with Crippen molar-refractivity contribution in [3.63, 3.8) is 0 Å². The Bertz CT molecular complexity index is 570. The summed E-state index contributed by atoms with van der Waals surface area (Å²) in [7, 11) is 0. The van der Waals surface area contributed by atoms with Crippen molar-refractivity contribution in [2.45, 2.75) is 39.9 Å². The first-order chi connectivity index (χ1) is 8.88. The van der Waals surface area contributed by atoms with Crippen LogP contribution in [0.3, 0.4) is 0 Å². The Balaban J connectivity index is 2.07. The first-order valence-corrected chi connectivity index (χ1v) is 7.06. The van der Waals surface area contributed by atoms with E-state index in [0.29, 0.717) is 6.61 Å². The molecule has 0 saturated carbocycles. The smallest absolute Gasteiger partial charge is 0.140 e. The lowest BCUT2D eigenvalue weighted by Gasteiger charge is -2.13. The SMILES string of the molecule is Cc1cccc(OCc2ncc(C(C)(C)O)s2)c1C. The van der Waals surface area contributed by atoms with Gasteiger partial charge >= 0.3 is 0 Å². The predicted octanol–water partition coefficient (Wildman–Crippen LogP) is 3.57. The number of benzene rings is 1. The molecule has 0 unspecified atom stereocenters. The number of hydrogen-bond donors (Lipinski definition) is 1. The van der Waals surface area contributed by atoms with Crippen LogP contribution in [0.1, 0.15) is 34.9 Å². The van der Waals surface area contributed by atoms with Crippen LogP contribution in [0.15, 0.2) is 24.4 Å². The Morgan fingerprint density at radius 2 is 2.05 bits per heavy atom. The summed E-state index contributed by atoms with van der Waals surface area (Å²) < 4.78 is 5.80. The molecular formula is C15H19NO2S. The molecule has 0 amide bonds. The average Bonchev–Trinajstić information content (AvgIpc) is 2.79. The van der Waals surface area contributed by atoms with E-state index in [1.807, 2.05) is 12.1 Å². The molecule has 3 nitrogen and oxygen atoms in total. The quantitative estimate of drug-likeness (QED) is 0.929. The van der Waals surface area contributed by atoms with Gasteiger partial charge in [0, 0.05) is 6.20 Å². The van der Waals surface area contributed by atoms with Gasteiger partial charge in [-0.15, -0.1) is 11.3 Å². The third-order valence-electron chi connectivity index (χ3n) is 3.06. The Labute approximate surface area is 117 Å². The first-order valence-electron chi connectivity index (χ1n) is 6.24. The summed E-state index contributed by atoms with van der Waals surface area (Å²) >= 11 is 1.48. The summed E-state index contributed by atoms with van der Waals surface area (Å²) in [4.78, 5) is 5.14. The molecule has 2 rings (SSSR count). The van der Waals surface area contributed by atoms with Crippen molar-refractivity contribution >= 4 is 11.3 Å². The molecule has 0 saturated heterocycles. The number of aromatic nitrogens is 1. The normalized spacial score (nSPS) is 11.6. The van der Waals surface area contributed by atoms with Crippen LogP contribution in [-0.2, 0) is 12.2 Å². The number of aryl methyl sites for hydroxylation is 1. The molecule has 0 bridgehead atoms. The van der Waals surface area contributed by atoms with Gasteiger partial charge in [0.2, 0.25) is 0 Å². The molecular weight excluding hydrogens is 258 g/mol. The Morgan fingerprint density at radius 1 is 1.32 bits per heavy atom. The minimum Gasteiger partial charge on any atom is -0.486 e.